The van der Waals surface area contributed by atoms with Crippen molar-refractivity contribution in [1.29, 1.82) is 0 Å². The lowest BCUT2D eigenvalue weighted by atomic mass is 9.88. The van der Waals surface area contributed by atoms with Crippen molar-refractivity contribution in [3.05, 3.63) is 47.5 Å². The number of methoxy groups -OCH3 is 2. The topological polar surface area (TPSA) is 77.4 Å². The van der Waals surface area contributed by atoms with Crippen LogP contribution in [-0.4, -0.2) is 37.8 Å². The van der Waals surface area contributed by atoms with E-state index in [0.29, 0.717) is 18.1 Å². The lowest BCUT2D eigenvalue weighted by Gasteiger charge is -2.32. The van der Waals surface area contributed by atoms with E-state index in [2.05, 4.69) is 0 Å². The largest absolute Gasteiger partial charge is 0.504 e. The normalized spacial score (nSPS) is 20.6. The van der Waals surface area contributed by atoms with Gasteiger partial charge in [-0.25, -0.2) is 0 Å². The molecule has 2 aromatic rings. The van der Waals surface area contributed by atoms with Crippen LogP contribution in [0.2, 0.25) is 0 Å². The lowest BCUT2D eigenvalue weighted by molar-refractivity contribution is -0.153. The first kappa shape index (κ1) is 16.4. The fourth-order valence-electron chi connectivity index (χ4n) is 2.90. The van der Waals surface area contributed by atoms with Gasteiger partial charge in [0.25, 0.3) is 0 Å². The summed E-state index contributed by atoms with van der Waals surface area (Å²) in [6.07, 6.45) is -0.262. The Labute approximate surface area is 140 Å². The molecule has 2 atom stereocenters. The quantitative estimate of drug-likeness (QED) is 0.896. The van der Waals surface area contributed by atoms with Crippen molar-refractivity contribution in [2.24, 2.45) is 0 Å². The minimum atomic E-state index is -0.262. The molecule has 0 saturated carbocycles. The van der Waals surface area contributed by atoms with Crippen molar-refractivity contribution < 1.29 is 29.2 Å². The Bertz CT molecular complexity index is 653. The minimum absolute atomic E-state index is 0.0798. The molecule has 0 bridgehead atoms. The first-order valence-electron chi connectivity index (χ1n) is 7.57. The van der Waals surface area contributed by atoms with Gasteiger partial charge in [0, 0.05) is 5.92 Å². The molecule has 0 amide bonds. The molecule has 1 saturated heterocycles. The fourth-order valence-corrected chi connectivity index (χ4v) is 2.90. The van der Waals surface area contributed by atoms with Gasteiger partial charge in [0.1, 0.15) is 6.79 Å². The molecule has 2 N–H and O–H groups in total. The molecule has 6 nitrogen and oxygen atoms in total. The first-order chi connectivity index (χ1) is 11.6. The Morgan fingerprint density at radius 1 is 0.917 bits per heavy atom. The zero-order valence-electron chi connectivity index (χ0n) is 13.6. The van der Waals surface area contributed by atoms with E-state index in [-0.39, 0.29) is 30.3 Å². The predicted molar refractivity (Wildman–Crippen MR) is 86.7 cm³/mol. The van der Waals surface area contributed by atoms with Crippen LogP contribution in [0.15, 0.2) is 36.4 Å². The average Bonchev–Trinajstić information content (AvgIpc) is 2.62. The Morgan fingerprint density at radius 2 is 1.50 bits per heavy atom. The van der Waals surface area contributed by atoms with Gasteiger partial charge < -0.3 is 29.2 Å². The maximum absolute atomic E-state index is 9.78. The van der Waals surface area contributed by atoms with Crippen molar-refractivity contribution >= 4 is 0 Å². The van der Waals surface area contributed by atoms with E-state index in [1.165, 1.54) is 14.2 Å². The number of ether oxygens (including phenoxy) is 4. The summed E-state index contributed by atoms with van der Waals surface area (Å²) < 4.78 is 21.6. The highest BCUT2D eigenvalue weighted by molar-refractivity contribution is 5.46. The van der Waals surface area contributed by atoms with Gasteiger partial charge in [-0.15, -0.1) is 0 Å². The molecular formula is C18H20O6. The fraction of sp³-hybridized carbons (Fsp3) is 0.333. The molecule has 0 spiro atoms. The molecule has 3 rings (SSSR count). The van der Waals surface area contributed by atoms with Crippen molar-refractivity contribution in [3.8, 4) is 23.0 Å². The standard InChI is InChI=1S/C18H20O6/c1-21-16-7-11(3-5-14(16)19)13-9-23-10-24-18(13)12-4-6-15(20)17(8-12)22-2/h3-8,13,18-20H,9-10H2,1-2H3/t13-,18+/m1/s1. The molecule has 1 aliphatic rings. The molecule has 24 heavy (non-hydrogen) atoms. The second-order valence-corrected chi connectivity index (χ2v) is 5.54. The van der Waals surface area contributed by atoms with Gasteiger partial charge >= 0.3 is 0 Å². The highest BCUT2D eigenvalue weighted by Crippen LogP contribution is 2.41. The second kappa shape index (κ2) is 6.98. The third-order valence-electron chi connectivity index (χ3n) is 4.16. The van der Waals surface area contributed by atoms with Crippen LogP contribution in [0.4, 0.5) is 0 Å². The third-order valence-corrected chi connectivity index (χ3v) is 4.16. The Morgan fingerprint density at radius 3 is 2.12 bits per heavy atom. The summed E-state index contributed by atoms with van der Waals surface area (Å²) >= 11 is 0. The number of benzene rings is 2. The van der Waals surface area contributed by atoms with Crippen LogP contribution in [-0.2, 0) is 9.47 Å². The number of phenolic OH excluding ortho intramolecular Hbond substituents is 2. The predicted octanol–water partition coefficient (Wildman–Crippen LogP) is 2.94. The van der Waals surface area contributed by atoms with E-state index >= 15 is 0 Å². The van der Waals surface area contributed by atoms with Crippen molar-refractivity contribution in [2.75, 3.05) is 27.6 Å². The maximum Gasteiger partial charge on any atom is 0.160 e. The van der Waals surface area contributed by atoms with Gasteiger partial charge in [-0.3, -0.25) is 0 Å². The van der Waals surface area contributed by atoms with Gasteiger partial charge in [-0.1, -0.05) is 12.1 Å². The van der Waals surface area contributed by atoms with Crippen LogP contribution in [0.1, 0.15) is 23.1 Å². The Balaban J connectivity index is 1.97. The summed E-state index contributed by atoms with van der Waals surface area (Å²) in [7, 11) is 3.01. The smallest absolute Gasteiger partial charge is 0.160 e. The van der Waals surface area contributed by atoms with E-state index in [0.717, 1.165) is 11.1 Å². The average molecular weight is 332 g/mol. The molecule has 0 aliphatic carbocycles. The van der Waals surface area contributed by atoms with Crippen LogP contribution in [0.5, 0.6) is 23.0 Å². The molecule has 1 heterocycles. The molecule has 0 aromatic heterocycles. The molecule has 128 valence electrons. The maximum atomic E-state index is 9.78. The molecule has 0 unspecified atom stereocenters. The van der Waals surface area contributed by atoms with Crippen LogP contribution in [0.25, 0.3) is 0 Å². The van der Waals surface area contributed by atoms with Gasteiger partial charge in [0.05, 0.1) is 26.9 Å². The van der Waals surface area contributed by atoms with Gasteiger partial charge in [0.15, 0.2) is 23.0 Å². The van der Waals surface area contributed by atoms with E-state index in [4.69, 9.17) is 18.9 Å². The Kier molecular flexibility index (Phi) is 4.78. The minimum Gasteiger partial charge on any atom is -0.504 e. The Hall–Kier alpha value is -2.44. The number of rotatable bonds is 4. The molecule has 2 aromatic carbocycles. The summed E-state index contributed by atoms with van der Waals surface area (Å²) in [5.74, 6) is 0.880. The molecule has 0 radical (unpaired) electrons. The van der Waals surface area contributed by atoms with Gasteiger partial charge in [-0.05, 0) is 35.4 Å². The van der Waals surface area contributed by atoms with Crippen LogP contribution in [0, 0.1) is 0 Å². The van der Waals surface area contributed by atoms with E-state index < -0.39 is 0 Å². The van der Waals surface area contributed by atoms with Crippen LogP contribution >= 0.6 is 0 Å². The summed E-state index contributed by atoms with van der Waals surface area (Å²) in [5.41, 5.74) is 1.81. The SMILES string of the molecule is COc1cc([C@H]2COCO[C@H]2c2ccc(O)c(OC)c2)ccc1O. The number of aromatic hydroxyl groups is 2. The molecule has 1 aliphatic heterocycles. The number of hydrogen-bond acceptors (Lipinski definition) is 6. The zero-order valence-corrected chi connectivity index (χ0v) is 13.6. The molecule has 1 fully saturated rings. The highest BCUT2D eigenvalue weighted by atomic mass is 16.7. The second-order valence-electron chi connectivity index (χ2n) is 5.54. The van der Waals surface area contributed by atoms with Crippen molar-refractivity contribution in [1.82, 2.24) is 0 Å². The first-order valence-corrected chi connectivity index (χ1v) is 7.57. The van der Waals surface area contributed by atoms with E-state index in [9.17, 15) is 10.2 Å². The lowest BCUT2D eigenvalue weighted by Crippen LogP contribution is -2.26. The van der Waals surface area contributed by atoms with E-state index in [1.54, 1.807) is 30.3 Å². The number of hydrogen-bond donors (Lipinski definition) is 2. The van der Waals surface area contributed by atoms with Crippen molar-refractivity contribution in [3.63, 3.8) is 0 Å². The monoisotopic (exact) mass is 332 g/mol. The van der Waals surface area contributed by atoms with Crippen LogP contribution < -0.4 is 9.47 Å². The third kappa shape index (κ3) is 3.11. The van der Waals surface area contributed by atoms with Gasteiger partial charge in [0.2, 0.25) is 0 Å². The summed E-state index contributed by atoms with van der Waals surface area (Å²) in [6, 6.07) is 10.3. The summed E-state index contributed by atoms with van der Waals surface area (Å²) in [6.45, 7) is 0.668. The van der Waals surface area contributed by atoms with Crippen molar-refractivity contribution in [2.45, 2.75) is 12.0 Å². The zero-order chi connectivity index (χ0) is 17.1. The van der Waals surface area contributed by atoms with Gasteiger partial charge in [-0.2, -0.15) is 0 Å². The van der Waals surface area contributed by atoms with Crippen LogP contribution in [0.3, 0.4) is 0 Å². The van der Waals surface area contributed by atoms with E-state index in [1.807, 2.05) is 6.07 Å². The number of phenols is 2. The molecular weight excluding hydrogens is 312 g/mol. The summed E-state index contributed by atoms with van der Waals surface area (Å²) in [5, 5.41) is 19.6. The molecule has 6 heteroatoms. The highest BCUT2D eigenvalue weighted by Gasteiger charge is 2.30. The summed E-state index contributed by atoms with van der Waals surface area (Å²) in [4.78, 5) is 0.